The smallest absolute Gasteiger partial charge is 0.271 e. The van der Waals surface area contributed by atoms with E-state index in [0.717, 1.165) is 18.8 Å². The van der Waals surface area contributed by atoms with Crippen molar-refractivity contribution in [3.05, 3.63) is 106 Å². The summed E-state index contributed by atoms with van der Waals surface area (Å²) in [4.78, 5) is 20.2. The van der Waals surface area contributed by atoms with Gasteiger partial charge in [0.15, 0.2) is 4.77 Å². The highest BCUT2D eigenvalue weighted by atomic mass is 32.1. The third kappa shape index (κ3) is 4.56. The summed E-state index contributed by atoms with van der Waals surface area (Å²) in [7, 11) is 0. The molecule has 7 heteroatoms. The fraction of sp³-hybridized carbons (Fsp3) is 0.148. The molecule has 4 rings (SSSR count). The predicted octanol–water partition coefficient (Wildman–Crippen LogP) is 5.66. The number of hydrogen-bond acceptors (Lipinski definition) is 5. The van der Waals surface area contributed by atoms with Gasteiger partial charge in [-0.25, -0.2) is 0 Å². The van der Waals surface area contributed by atoms with E-state index in [2.05, 4.69) is 23.7 Å². The molecule has 0 amide bonds. The summed E-state index contributed by atoms with van der Waals surface area (Å²) < 4.78 is 3.06. The molecule has 0 spiro atoms. The maximum absolute atomic E-state index is 13.5. The molecular formula is C27H26N4O2S. The Morgan fingerprint density at radius 3 is 1.91 bits per heavy atom. The monoisotopic (exact) mass is 470 g/mol. The quantitative estimate of drug-likeness (QED) is 0.280. The fourth-order valence-corrected chi connectivity index (χ4v) is 4.20. The second kappa shape index (κ2) is 10.3. The molecule has 0 atom stereocenters. The molecule has 34 heavy (non-hydrogen) atoms. The highest BCUT2D eigenvalue weighted by Gasteiger charge is 2.18. The zero-order chi connectivity index (χ0) is 24.1. The Kier molecular flexibility index (Phi) is 7.04. The number of benzene rings is 3. The molecule has 0 unspecified atom stereocenters. The minimum absolute atomic E-state index is 0.0501. The summed E-state index contributed by atoms with van der Waals surface area (Å²) in [6.07, 6.45) is 1.40. The zero-order valence-corrected chi connectivity index (χ0v) is 19.9. The van der Waals surface area contributed by atoms with Gasteiger partial charge < -0.3 is 10.0 Å². The third-order valence-electron chi connectivity index (χ3n) is 5.62. The SMILES string of the molecule is CCN(CC)c1ccc(N=Cc2c(O)n(-c3ccccc3)c(=S)n(-c3ccccc3)c2=O)cc1. The van der Waals surface area contributed by atoms with E-state index in [4.69, 9.17) is 12.2 Å². The molecule has 0 radical (unpaired) electrons. The topological polar surface area (TPSA) is 62.8 Å². The van der Waals surface area contributed by atoms with Crippen molar-refractivity contribution in [2.24, 2.45) is 4.99 Å². The van der Waals surface area contributed by atoms with Crippen molar-refractivity contribution in [2.45, 2.75) is 13.8 Å². The van der Waals surface area contributed by atoms with Crippen LogP contribution in [0.3, 0.4) is 0 Å². The summed E-state index contributed by atoms with van der Waals surface area (Å²) in [6.45, 7) is 6.06. The van der Waals surface area contributed by atoms with Crippen molar-refractivity contribution in [1.29, 1.82) is 0 Å². The number of aliphatic imine (C=N–C) groups is 1. The lowest BCUT2D eigenvalue weighted by Crippen LogP contribution is -2.27. The maximum Gasteiger partial charge on any atom is 0.271 e. The lowest BCUT2D eigenvalue weighted by molar-refractivity contribution is 0.430. The Bertz CT molecular complexity index is 1410. The summed E-state index contributed by atoms with van der Waals surface area (Å²) in [6, 6.07) is 26.1. The van der Waals surface area contributed by atoms with E-state index in [9.17, 15) is 9.90 Å². The standard InChI is InChI=1S/C27H26N4O2S/c1-3-29(4-2)21-17-15-20(16-18-21)28-19-24-25(32)30(22-11-7-5-8-12-22)27(34)31(26(24)33)23-13-9-6-10-14-23/h5-19,32H,3-4H2,1-2H3. The van der Waals surface area contributed by atoms with Gasteiger partial charge in [0.05, 0.1) is 17.1 Å². The first-order chi connectivity index (χ1) is 16.5. The molecule has 0 saturated heterocycles. The van der Waals surface area contributed by atoms with E-state index in [0.29, 0.717) is 17.1 Å². The summed E-state index contributed by atoms with van der Waals surface area (Å²) in [5.74, 6) is -0.253. The highest BCUT2D eigenvalue weighted by Crippen LogP contribution is 2.23. The van der Waals surface area contributed by atoms with Crippen molar-refractivity contribution in [2.75, 3.05) is 18.0 Å². The van der Waals surface area contributed by atoms with E-state index in [-0.39, 0.29) is 16.2 Å². The van der Waals surface area contributed by atoms with Crippen LogP contribution in [0.2, 0.25) is 0 Å². The Labute approximate surface area is 203 Å². The molecule has 1 N–H and O–H groups in total. The first-order valence-electron chi connectivity index (χ1n) is 11.2. The lowest BCUT2D eigenvalue weighted by atomic mass is 10.2. The molecule has 3 aromatic carbocycles. The molecule has 4 aromatic rings. The maximum atomic E-state index is 13.5. The van der Waals surface area contributed by atoms with Crippen molar-refractivity contribution in [1.82, 2.24) is 9.13 Å². The average Bonchev–Trinajstić information content (AvgIpc) is 2.87. The van der Waals surface area contributed by atoms with Gasteiger partial charge in [0, 0.05) is 25.0 Å². The van der Waals surface area contributed by atoms with Crippen molar-refractivity contribution in [3.8, 4) is 17.3 Å². The number of aromatic hydroxyl groups is 1. The van der Waals surface area contributed by atoms with Crippen LogP contribution in [0.25, 0.3) is 11.4 Å². The number of aromatic nitrogens is 2. The average molecular weight is 471 g/mol. The number of hydrogen-bond donors (Lipinski definition) is 1. The summed E-state index contributed by atoms with van der Waals surface area (Å²) in [5, 5.41) is 11.1. The first kappa shape index (κ1) is 23.2. The van der Waals surface area contributed by atoms with E-state index < -0.39 is 5.56 Å². The summed E-state index contributed by atoms with van der Waals surface area (Å²) >= 11 is 5.65. The number of para-hydroxylation sites is 2. The highest BCUT2D eigenvalue weighted by molar-refractivity contribution is 7.71. The molecule has 0 saturated carbocycles. The first-order valence-corrected chi connectivity index (χ1v) is 11.6. The van der Waals surface area contributed by atoms with Crippen LogP contribution in [0, 0.1) is 4.77 Å². The van der Waals surface area contributed by atoms with Gasteiger partial charge in [0.2, 0.25) is 5.88 Å². The van der Waals surface area contributed by atoms with Gasteiger partial charge in [0.25, 0.3) is 5.56 Å². The number of anilines is 1. The van der Waals surface area contributed by atoms with Gasteiger partial charge in [-0.05, 0) is 74.6 Å². The van der Waals surface area contributed by atoms with Crippen LogP contribution >= 0.6 is 12.2 Å². The van der Waals surface area contributed by atoms with Crippen LogP contribution in [-0.2, 0) is 0 Å². The van der Waals surface area contributed by atoms with Crippen LogP contribution in [0.5, 0.6) is 5.88 Å². The Morgan fingerprint density at radius 1 is 0.853 bits per heavy atom. The molecule has 172 valence electrons. The van der Waals surface area contributed by atoms with Crippen LogP contribution in [0.1, 0.15) is 19.4 Å². The molecule has 0 fully saturated rings. The second-order valence-corrected chi connectivity index (χ2v) is 7.98. The van der Waals surface area contributed by atoms with Gasteiger partial charge >= 0.3 is 0 Å². The molecule has 0 aliphatic heterocycles. The van der Waals surface area contributed by atoms with E-state index in [1.165, 1.54) is 15.3 Å². The Hall–Kier alpha value is -3.97. The van der Waals surface area contributed by atoms with Gasteiger partial charge in [-0.3, -0.25) is 18.9 Å². The lowest BCUT2D eigenvalue weighted by Gasteiger charge is -2.20. The van der Waals surface area contributed by atoms with E-state index in [1.54, 1.807) is 12.1 Å². The third-order valence-corrected chi connectivity index (χ3v) is 5.98. The van der Waals surface area contributed by atoms with Crippen molar-refractivity contribution >= 4 is 29.8 Å². The van der Waals surface area contributed by atoms with Crippen molar-refractivity contribution < 1.29 is 5.11 Å². The molecule has 0 bridgehead atoms. The van der Waals surface area contributed by atoms with E-state index >= 15 is 0 Å². The van der Waals surface area contributed by atoms with Gasteiger partial charge in [-0.1, -0.05) is 36.4 Å². The molecule has 0 aliphatic carbocycles. The molecule has 6 nitrogen and oxygen atoms in total. The van der Waals surface area contributed by atoms with Gasteiger partial charge in [-0.15, -0.1) is 0 Å². The Balaban J connectivity index is 1.86. The van der Waals surface area contributed by atoms with Crippen LogP contribution in [0.15, 0.2) is 94.7 Å². The molecule has 0 aliphatic rings. The normalized spacial score (nSPS) is 11.1. The largest absolute Gasteiger partial charge is 0.494 e. The minimum Gasteiger partial charge on any atom is -0.494 e. The zero-order valence-electron chi connectivity index (χ0n) is 19.1. The number of rotatable bonds is 7. The van der Waals surface area contributed by atoms with Crippen molar-refractivity contribution in [3.63, 3.8) is 0 Å². The van der Waals surface area contributed by atoms with E-state index in [1.807, 2.05) is 72.8 Å². The molecule has 1 aromatic heterocycles. The summed E-state index contributed by atoms with van der Waals surface area (Å²) in [5.41, 5.74) is 2.65. The van der Waals surface area contributed by atoms with Gasteiger partial charge in [-0.2, -0.15) is 0 Å². The minimum atomic E-state index is -0.440. The predicted molar refractivity (Wildman–Crippen MR) is 141 cm³/mol. The van der Waals surface area contributed by atoms with Crippen LogP contribution < -0.4 is 10.5 Å². The molecule has 1 heterocycles. The van der Waals surface area contributed by atoms with Crippen LogP contribution in [0.4, 0.5) is 11.4 Å². The fourth-order valence-electron chi connectivity index (χ4n) is 3.82. The van der Waals surface area contributed by atoms with Gasteiger partial charge in [0.1, 0.15) is 5.56 Å². The Morgan fingerprint density at radius 2 is 1.38 bits per heavy atom. The second-order valence-electron chi connectivity index (χ2n) is 7.61. The van der Waals surface area contributed by atoms with Crippen LogP contribution in [-0.4, -0.2) is 33.5 Å². The molecular weight excluding hydrogens is 444 g/mol. The number of nitrogens with zero attached hydrogens (tertiary/aromatic N) is 4.